The van der Waals surface area contributed by atoms with Crippen molar-refractivity contribution in [2.45, 2.75) is 44.6 Å². The molecule has 2 heterocycles. The van der Waals surface area contributed by atoms with Crippen molar-refractivity contribution in [1.29, 1.82) is 0 Å². The number of aryl methyl sites for hydroxylation is 1. The summed E-state index contributed by atoms with van der Waals surface area (Å²) in [5, 5.41) is 4.94. The summed E-state index contributed by atoms with van der Waals surface area (Å²) in [5.74, 6) is 1.75. The van der Waals surface area contributed by atoms with E-state index in [1.165, 1.54) is 36.1 Å². The highest BCUT2D eigenvalue weighted by atomic mass is 32.1. The van der Waals surface area contributed by atoms with E-state index in [4.69, 9.17) is 15.0 Å². The Morgan fingerprint density at radius 2 is 2.14 bits per heavy atom. The zero-order valence-electron chi connectivity index (χ0n) is 12.1. The van der Waals surface area contributed by atoms with E-state index in [0.717, 1.165) is 23.4 Å². The summed E-state index contributed by atoms with van der Waals surface area (Å²) >= 11 is 1.67. The van der Waals surface area contributed by atoms with Crippen LogP contribution in [0.4, 0.5) is 5.00 Å². The van der Waals surface area contributed by atoms with Crippen LogP contribution in [-0.2, 0) is 17.6 Å². The van der Waals surface area contributed by atoms with Crippen LogP contribution in [0.5, 0.6) is 0 Å². The van der Waals surface area contributed by atoms with E-state index in [9.17, 15) is 0 Å². The fourth-order valence-corrected chi connectivity index (χ4v) is 4.33. The summed E-state index contributed by atoms with van der Waals surface area (Å²) in [6.45, 7) is 0. The highest BCUT2D eigenvalue weighted by molar-refractivity contribution is 7.16. The number of nitrogens with zero attached hydrogens (tertiary/aromatic N) is 2. The number of rotatable bonds is 4. The monoisotopic (exact) mass is 305 g/mol. The van der Waals surface area contributed by atoms with Gasteiger partial charge in [0.15, 0.2) is 0 Å². The smallest absolute Gasteiger partial charge is 0.261 e. The van der Waals surface area contributed by atoms with E-state index in [2.05, 4.69) is 10.1 Å². The topological polar surface area (TPSA) is 74.2 Å². The number of hydrogen-bond acceptors (Lipinski definition) is 6. The third-order valence-electron chi connectivity index (χ3n) is 4.41. The molecule has 1 fully saturated rings. The lowest BCUT2D eigenvalue weighted by molar-refractivity contribution is 0.0751. The van der Waals surface area contributed by atoms with Gasteiger partial charge in [-0.2, -0.15) is 4.98 Å². The number of anilines is 1. The van der Waals surface area contributed by atoms with Crippen LogP contribution in [0.1, 0.15) is 48.1 Å². The average Bonchev–Trinajstić information content (AvgIpc) is 3.10. The molecule has 5 nitrogen and oxygen atoms in total. The third-order valence-corrected chi connectivity index (χ3v) is 5.53. The normalized spacial score (nSPS) is 19.5. The maximum absolute atomic E-state index is 6.20. The van der Waals surface area contributed by atoms with Crippen LogP contribution in [-0.4, -0.2) is 17.3 Å². The number of hydrogen-bond donors (Lipinski definition) is 1. The Balaban J connectivity index is 1.71. The first-order valence-electron chi connectivity index (χ1n) is 7.54. The molecule has 0 bridgehead atoms. The van der Waals surface area contributed by atoms with Crippen LogP contribution in [0.3, 0.4) is 0 Å². The maximum atomic E-state index is 6.20. The molecule has 6 heteroatoms. The zero-order chi connectivity index (χ0) is 14.4. The van der Waals surface area contributed by atoms with Gasteiger partial charge < -0.3 is 15.0 Å². The number of aromatic nitrogens is 2. The fourth-order valence-electron chi connectivity index (χ4n) is 3.18. The van der Waals surface area contributed by atoms with Gasteiger partial charge in [-0.1, -0.05) is 5.16 Å². The lowest BCUT2D eigenvalue weighted by Crippen LogP contribution is -2.05. The third kappa shape index (κ3) is 2.26. The van der Waals surface area contributed by atoms with E-state index < -0.39 is 0 Å². The van der Waals surface area contributed by atoms with Gasteiger partial charge in [0.2, 0.25) is 5.82 Å². The Bertz CT molecular complexity index is 660. The van der Waals surface area contributed by atoms with Crippen molar-refractivity contribution in [2.24, 2.45) is 5.92 Å². The lowest BCUT2D eigenvalue weighted by atomic mass is 9.95. The second-order valence-electron chi connectivity index (χ2n) is 5.90. The molecule has 112 valence electrons. The molecule has 0 amide bonds. The first-order valence-corrected chi connectivity index (χ1v) is 8.36. The predicted molar refractivity (Wildman–Crippen MR) is 81.1 cm³/mol. The van der Waals surface area contributed by atoms with Crippen LogP contribution in [0, 0.1) is 5.92 Å². The van der Waals surface area contributed by atoms with Gasteiger partial charge in [0.25, 0.3) is 5.89 Å². The number of nitrogen functional groups attached to an aromatic ring is 1. The Hall–Kier alpha value is -1.40. The summed E-state index contributed by atoms with van der Waals surface area (Å²) < 4.78 is 11.0. The van der Waals surface area contributed by atoms with E-state index in [1.54, 1.807) is 18.4 Å². The number of thiophene rings is 1. The molecule has 1 unspecified atom stereocenters. The summed E-state index contributed by atoms with van der Waals surface area (Å²) in [7, 11) is 1.71. The molecule has 2 N–H and O–H groups in total. The van der Waals surface area contributed by atoms with Crippen LogP contribution in [0.15, 0.2) is 4.52 Å². The summed E-state index contributed by atoms with van der Waals surface area (Å²) in [4.78, 5) is 5.97. The van der Waals surface area contributed by atoms with Crippen LogP contribution in [0.25, 0.3) is 11.5 Å². The van der Waals surface area contributed by atoms with Crippen molar-refractivity contribution in [3.63, 3.8) is 0 Å². The quantitative estimate of drug-likeness (QED) is 0.937. The van der Waals surface area contributed by atoms with Crippen molar-refractivity contribution in [1.82, 2.24) is 10.1 Å². The Labute approximate surface area is 127 Å². The minimum atomic E-state index is -0.0433. The molecule has 1 atom stereocenters. The summed E-state index contributed by atoms with van der Waals surface area (Å²) in [6, 6.07) is 0. The Kier molecular flexibility index (Phi) is 3.23. The van der Waals surface area contributed by atoms with Crippen molar-refractivity contribution < 1.29 is 9.26 Å². The lowest BCUT2D eigenvalue weighted by Gasteiger charge is -2.11. The van der Waals surface area contributed by atoms with Gasteiger partial charge in [0, 0.05) is 12.0 Å². The highest BCUT2D eigenvalue weighted by Crippen LogP contribution is 2.44. The van der Waals surface area contributed by atoms with Gasteiger partial charge in [-0.15, -0.1) is 11.3 Å². The molecule has 0 aromatic carbocycles. The molecule has 2 aromatic heterocycles. The van der Waals surface area contributed by atoms with Crippen LogP contribution < -0.4 is 5.73 Å². The largest absolute Gasteiger partial charge is 0.390 e. The molecule has 2 aliphatic rings. The maximum Gasteiger partial charge on any atom is 0.261 e. The molecule has 21 heavy (non-hydrogen) atoms. The van der Waals surface area contributed by atoms with Crippen molar-refractivity contribution >= 4 is 16.3 Å². The molecule has 0 radical (unpaired) electrons. The molecular weight excluding hydrogens is 286 g/mol. The summed E-state index contributed by atoms with van der Waals surface area (Å²) in [5.41, 5.74) is 8.49. The molecule has 0 saturated heterocycles. The van der Waals surface area contributed by atoms with Crippen LogP contribution >= 0.6 is 11.3 Å². The molecular formula is C15H19N3O2S. The van der Waals surface area contributed by atoms with E-state index in [1.807, 2.05) is 0 Å². The first kappa shape index (κ1) is 13.3. The average molecular weight is 305 g/mol. The van der Waals surface area contributed by atoms with Crippen molar-refractivity contribution in [3.05, 3.63) is 16.3 Å². The van der Waals surface area contributed by atoms with Gasteiger partial charge in [0.1, 0.15) is 6.10 Å². The Morgan fingerprint density at radius 1 is 1.33 bits per heavy atom. The zero-order valence-corrected chi connectivity index (χ0v) is 12.9. The molecule has 0 aliphatic heterocycles. The predicted octanol–water partition coefficient (Wildman–Crippen LogP) is 3.36. The minimum Gasteiger partial charge on any atom is -0.390 e. The number of fused-ring (bicyclic) bond motifs is 1. The van der Waals surface area contributed by atoms with Gasteiger partial charge in [-0.05, 0) is 50.0 Å². The fraction of sp³-hybridized carbons (Fsp3) is 0.600. The van der Waals surface area contributed by atoms with Crippen molar-refractivity contribution in [3.8, 4) is 11.5 Å². The van der Waals surface area contributed by atoms with Gasteiger partial charge in [-0.3, -0.25) is 0 Å². The van der Waals surface area contributed by atoms with E-state index >= 15 is 0 Å². The first-order chi connectivity index (χ1) is 10.3. The number of ether oxygens (including phenoxy) is 1. The Morgan fingerprint density at radius 3 is 2.90 bits per heavy atom. The molecule has 4 rings (SSSR count). The molecule has 0 spiro atoms. The molecule has 2 aliphatic carbocycles. The van der Waals surface area contributed by atoms with Gasteiger partial charge in [0.05, 0.1) is 10.6 Å². The highest BCUT2D eigenvalue weighted by Gasteiger charge is 2.36. The minimum absolute atomic E-state index is 0.0433. The SMILES string of the molecule is COC(c1noc(-c2c(N)sc3c2CCCC3)n1)C1CC1. The van der Waals surface area contributed by atoms with Gasteiger partial charge >= 0.3 is 0 Å². The molecule has 1 saturated carbocycles. The van der Waals surface area contributed by atoms with Gasteiger partial charge in [-0.25, -0.2) is 0 Å². The van der Waals surface area contributed by atoms with Crippen LogP contribution in [0.2, 0.25) is 0 Å². The second kappa shape index (κ2) is 5.10. The standard InChI is InChI=1S/C15H19N3O2S/c1-19-12(8-6-7-8)14-17-15(20-18-14)11-9-4-2-3-5-10(9)21-13(11)16/h8,12H,2-7,16H2,1H3. The number of methoxy groups -OCH3 is 1. The second-order valence-corrected chi connectivity index (χ2v) is 7.04. The number of nitrogens with two attached hydrogens (primary N) is 1. The van der Waals surface area contributed by atoms with Crippen molar-refractivity contribution in [2.75, 3.05) is 12.8 Å². The molecule has 2 aromatic rings. The van der Waals surface area contributed by atoms with E-state index in [0.29, 0.717) is 17.6 Å². The summed E-state index contributed by atoms with van der Waals surface area (Å²) in [6.07, 6.45) is 6.95. The van der Waals surface area contributed by atoms with E-state index in [-0.39, 0.29) is 6.10 Å².